The lowest BCUT2D eigenvalue weighted by atomic mass is 9.89. The van der Waals surface area contributed by atoms with Gasteiger partial charge in [0.25, 0.3) is 5.91 Å². The summed E-state index contributed by atoms with van der Waals surface area (Å²) in [5, 5.41) is 15.5. The molecule has 3 N–H and O–H groups in total. The number of benzene rings is 2. The molecule has 0 bridgehead atoms. The molecule has 9 heteroatoms. The summed E-state index contributed by atoms with van der Waals surface area (Å²) in [4.78, 5) is 32.0. The van der Waals surface area contributed by atoms with Crippen LogP contribution in [0.3, 0.4) is 0 Å². The molecule has 2 amide bonds. The smallest absolute Gasteiger partial charge is 0.404 e. The second kappa shape index (κ2) is 11.1. The SMILES string of the molecule is O=C(O)N[C@H]1CCCC[C@@H]1n1cnc(C(=O)N2CCNC[C@H]2Cc2cccc(F)c2)c1-c1ccccc1. The minimum atomic E-state index is -1.05. The fraction of sp³-hybridized carbons (Fsp3) is 0.393. The largest absolute Gasteiger partial charge is 0.465 e. The summed E-state index contributed by atoms with van der Waals surface area (Å²) in [6.07, 6.45) is 4.63. The molecular formula is C28H32FN5O3. The number of hydrogen-bond donors (Lipinski definition) is 3. The maximum atomic E-state index is 14.1. The van der Waals surface area contributed by atoms with E-state index >= 15 is 0 Å². The Labute approximate surface area is 215 Å². The molecular weight excluding hydrogens is 473 g/mol. The van der Waals surface area contributed by atoms with Gasteiger partial charge in [0.1, 0.15) is 5.82 Å². The first-order valence-electron chi connectivity index (χ1n) is 12.9. The monoisotopic (exact) mass is 505 g/mol. The average Bonchev–Trinajstić information content (AvgIpc) is 3.34. The molecule has 8 nitrogen and oxygen atoms in total. The minimum Gasteiger partial charge on any atom is -0.465 e. The Bertz CT molecular complexity index is 1250. The fourth-order valence-electron chi connectivity index (χ4n) is 5.70. The van der Waals surface area contributed by atoms with E-state index in [1.54, 1.807) is 12.4 Å². The van der Waals surface area contributed by atoms with E-state index < -0.39 is 6.09 Å². The number of rotatable bonds is 6. The van der Waals surface area contributed by atoms with E-state index in [0.717, 1.165) is 36.8 Å². The van der Waals surface area contributed by atoms with Crippen LogP contribution in [-0.2, 0) is 6.42 Å². The summed E-state index contributed by atoms with van der Waals surface area (Å²) in [6, 6.07) is 15.6. The highest BCUT2D eigenvalue weighted by molar-refractivity contribution is 5.98. The minimum absolute atomic E-state index is 0.139. The van der Waals surface area contributed by atoms with Crippen LogP contribution in [0, 0.1) is 5.82 Å². The highest BCUT2D eigenvalue weighted by Crippen LogP contribution is 2.35. The number of nitrogens with one attached hydrogen (secondary N) is 2. The van der Waals surface area contributed by atoms with E-state index in [1.807, 2.05) is 45.9 Å². The highest BCUT2D eigenvalue weighted by Gasteiger charge is 2.35. The van der Waals surface area contributed by atoms with E-state index in [1.165, 1.54) is 12.1 Å². The van der Waals surface area contributed by atoms with Crippen LogP contribution in [0.2, 0.25) is 0 Å². The van der Waals surface area contributed by atoms with Gasteiger partial charge in [0.15, 0.2) is 5.69 Å². The second-order valence-electron chi connectivity index (χ2n) is 9.81. The normalized spacial score (nSPS) is 22.0. The Kier molecular flexibility index (Phi) is 7.50. The van der Waals surface area contributed by atoms with Crippen molar-refractivity contribution in [3.05, 3.63) is 78.0 Å². The summed E-state index contributed by atoms with van der Waals surface area (Å²) in [7, 11) is 0. The lowest BCUT2D eigenvalue weighted by molar-refractivity contribution is 0.0631. The Morgan fingerprint density at radius 3 is 2.70 bits per heavy atom. The van der Waals surface area contributed by atoms with E-state index in [4.69, 9.17) is 0 Å². The third-order valence-electron chi connectivity index (χ3n) is 7.41. The first kappa shape index (κ1) is 25.0. The Morgan fingerprint density at radius 1 is 1.11 bits per heavy atom. The number of aromatic nitrogens is 2. The van der Waals surface area contributed by atoms with E-state index in [0.29, 0.717) is 37.4 Å². The maximum absolute atomic E-state index is 14.1. The quantitative estimate of drug-likeness (QED) is 0.469. The van der Waals surface area contributed by atoms with Crippen LogP contribution in [0.15, 0.2) is 60.9 Å². The molecule has 5 rings (SSSR count). The maximum Gasteiger partial charge on any atom is 0.404 e. The van der Waals surface area contributed by atoms with Gasteiger partial charge in [-0.1, -0.05) is 55.3 Å². The van der Waals surface area contributed by atoms with Crippen LogP contribution in [0.1, 0.15) is 47.8 Å². The topological polar surface area (TPSA) is 99.5 Å². The second-order valence-corrected chi connectivity index (χ2v) is 9.81. The highest BCUT2D eigenvalue weighted by atomic mass is 19.1. The number of carbonyl (C=O) groups excluding carboxylic acids is 1. The van der Waals surface area contributed by atoms with Crippen molar-refractivity contribution in [2.45, 2.75) is 50.2 Å². The molecule has 0 unspecified atom stereocenters. The van der Waals surface area contributed by atoms with Gasteiger partial charge in [0.2, 0.25) is 0 Å². The zero-order valence-corrected chi connectivity index (χ0v) is 20.6. The van der Waals surface area contributed by atoms with E-state index in [-0.39, 0.29) is 29.8 Å². The molecule has 0 radical (unpaired) electrons. The van der Waals surface area contributed by atoms with Crippen molar-refractivity contribution in [3.8, 4) is 11.3 Å². The van der Waals surface area contributed by atoms with Crippen molar-refractivity contribution >= 4 is 12.0 Å². The number of halogens is 1. The number of imidazole rings is 1. The molecule has 2 aromatic carbocycles. The molecule has 1 aliphatic heterocycles. The van der Waals surface area contributed by atoms with Crippen LogP contribution >= 0.6 is 0 Å². The number of piperazine rings is 1. The predicted molar refractivity (Wildman–Crippen MR) is 138 cm³/mol. The van der Waals surface area contributed by atoms with Gasteiger partial charge in [0, 0.05) is 31.2 Å². The van der Waals surface area contributed by atoms with Gasteiger partial charge in [0.05, 0.1) is 24.1 Å². The third-order valence-corrected chi connectivity index (χ3v) is 7.41. The Morgan fingerprint density at radius 2 is 1.92 bits per heavy atom. The van der Waals surface area contributed by atoms with Gasteiger partial charge in [-0.2, -0.15) is 0 Å². The van der Waals surface area contributed by atoms with E-state index in [9.17, 15) is 19.1 Å². The molecule has 1 aromatic heterocycles. The Balaban J connectivity index is 1.50. The van der Waals surface area contributed by atoms with Crippen molar-refractivity contribution in [2.75, 3.05) is 19.6 Å². The molecule has 2 fully saturated rings. The molecule has 0 spiro atoms. The van der Waals surface area contributed by atoms with Crippen LogP contribution in [0.5, 0.6) is 0 Å². The van der Waals surface area contributed by atoms with Crippen LogP contribution in [0.4, 0.5) is 9.18 Å². The summed E-state index contributed by atoms with van der Waals surface area (Å²) >= 11 is 0. The van der Waals surface area contributed by atoms with Crippen molar-refractivity contribution in [1.82, 2.24) is 25.1 Å². The zero-order valence-electron chi connectivity index (χ0n) is 20.6. The first-order chi connectivity index (χ1) is 18.0. The van der Waals surface area contributed by atoms with E-state index in [2.05, 4.69) is 15.6 Å². The summed E-state index contributed by atoms with van der Waals surface area (Å²) in [5.41, 5.74) is 2.76. The first-order valence-corrected chi connectivity index (χ1v) is 12.9. The van der Waals surface area contributed by atoms with Gasteiger partial charge >= 0.3 is 6.09 Å². The summed E-state index contributed by atoms with van der Waals surface area (Å²) in [6.45, 7) is 1.80. The standard InChI is InChI=1S/C28H32FN5O3/c29-21-10-6-7-19(15-21)16-22-17-30-13-14-33(22)27(35)25-26(20-8-2-1-3-9-20)34(18-31-25)24-12-5-4-11-23(24)32-28(36)37/h1-3,6-10,15,18,22-24,30,32H,4-5,11-14,16-17H2,(H,36,37)/t22-,23+,24+/m1/s1. The number of amides is 2. The molecule has 1 aliphatic carbocycles. The third kappa shape index (κ3) is 5.51. The molecule has 2 aliphatic rings. The van der Waals surface area contributed by atoms with Crippen molar-refractivity contribution in [2.24, 2.45) is 0 Å². The molecule has 3 aromatic rings. The molecule has 194 valence electrons. The summed E-state index contributed by atoms with van der Waals surface area (Å²) in [5.74, 6) is -0.458. The zero-order chi connectivity index (χ0) is 25.8. The molecule has 2 heterocycles. The lowest BCUT2D eigenvalue weighted by Gasteiger charge is -2.36. The molecule has 3 atom stereocenters. The Hall–Kier alpha value is -3.72. The average molecular weight is 506 g/mol. The van der Waals surface area contributed by atoms with Crippen molar-refractivity contribution < 1.29 is 19.1 Å². The van der Waals surface area contributed by atoms with Gasteiger partial charge in [-0.15, -0.1) is 0 Å². The van der Waals surface area contributed by atoms with Gasteiger partial charge in [-0.25, -0.2) is 14.2 Å². The molecule has 1 saturated carbocycles. The van der Waals surface area contributed by atoms with Crippen LogP contribution < -0.4 is 10.6 Å². The summed E-state index contributed by atoms with van der Waals surface area (Å²) < 4.78 is 15.8. The van der Waals surface area contributed by atoms with Crippen LogP contribution in [0.25, 0.3) is 11.3 Å². The number of hydrogen-bond acceptors (Lipinski definition) is 4. The van der Waals surface area contributed by atoms with Gasteiger partial charge in [-0.05, 0) is 37.0 Å². The fourth-order valence-corrected chi connectivity index (χ4v) is 5.70. The van der Waals surface area contributed by atoms with Crippen molar-refractivity contribution in [3.63, 3.8) is 0 Å². The number of carbonyl (C=O) groups is 2. The number of nitrogens with zero attached hydrogens (tertiary/aromatic N) is 3. The predicted octanol–water partition coefficient (Wildman–Crippen LogP) is 4.10. The van der Waals surface area contributed by atoms with Gasteiger partial charge < -0.3 is 25.2 Å². The van der Waals surface area contributed by atoms with Crippen LogP contribution in [-0.4, -0.2) is 63.3 Å². The van der Waals surface area contributed by atoms with Gasteiger partial charge in [-0.3, -0.25) is 4.79 Å². The molecule has 1 saturated heterocycles. The van der Waals surface area contributed by atoms with Crippen molar-refractivity contribution in [1.29, 1.82) is 0 Å². The number of carboxylic acid groups (broad SMARTS) is 1. The molecule has 37 heavy (non-hydrogen) atoms. The lowest BCUT2D eigenvalue weighted by Crippen LogP contribution is -2.54.